The molecule has 6 heteroatoms. The molecular formula is C8H9I2O2PS. The van der Waals surface area contributed by atoms with Crippen LogP contribution in [0.2, 0.25) is 0 Å². The third-order valence-corrected chi connectivity index (χ3v) is 12.7. The summed E-state index contributed by atoms with van der Waals surface area (Å²) in [5.41, 5.74) is 0. The maximum Gasteiger partial charge on any atom is 0.228 e. The fourth-order valence-electron chi connectivity index (χ4n) is 0.723. The van der Waals surface area contributed by atoms with Crippen molar-refractivity contribution < 1.29 is 8.39 Å². The van der Waals surface area contributed by atoms with E-state index in [9.17, 15) is 4.21 Å². The molecule has 0 saturated carbocycles. The first-order valence-electron chi connectivity index (χ1n) is 3.80. The molecule has 0 radical (unpaired) electrons. The van der Waals surface area contributed by atoms with Crippen LogP contribution in [0.1, 0.15) is 0 Å². The second kappa shape index (κ2) is 7.35. The van der Waals surface area contributed by atoms with Gasteiger partial charge in [0.05, 0.1) is 7.12 Å². The van der Waals surface area contributed by atoms with Crippen LogP contribution < -0.4 is 4.18 Å². The summed E-state index contributed by atoms with van der Waals surface area (Å²) in [5, 5.41) is 0. The quantitative estimate of drug-likeness (QED) is 0.384. The molecule has 0 N–H and O–H groups in total. The van der Waals surface area contributed by atoms with E-state index in [0.29, 0.717) is 5.75 Å². The predicted molar refractivity (Wildman–Crippen MR) is 79.9 cm³/mol. The Balaban J connectivity index is 2.57. The molecule has 0 bridgehead atoms. The van der Waals surface area contributed by atoms with Gasteiger partial charge in [-0.25, -0.2) is 4.21 Å². The fourth-order valence-corrected chi connectivity index (χ4v) is 10.7. The summed E-state index contributed by atoms with van der Waals surface area (Å²) >= 11 is 4.52. The van der Waals surface area contributed by atoms with E-state index >= 15 is 0 Å². The standard InChI is InChI=1S/C8H9I2O2PS/c9-6-13(7-10)14(11)12-8-4-2-1-3-5-8/h1-5H,6-7H2. The molecule has 0 heterocycles. The molecule has 1 aromatic rings. The minimum Gasteiger partial charge on any atom is -0.398 e. The average Bonchev–Trinajstić information content (AvgIpc) is 2.21. The number of halogens is 2. The third-order valence-electron chi connectivity index (χ3n) is 1.39. The molecule has 1 unspecified atom stereocenters. The minimum absolute atomic E-state index is 0.518. The van der Waals surface area contributed by atoms with Crippen molar-refractivity contribution in [2.75, 3.05) is 8.34 Å². The van der Waals surface area contributed by atoms with Gasteiger partial charge in [0.25, 0.3) is 0 Å². The van der Waals surface area contributed by atoms with E-state index in [-0.39, 0.29) is 0 Å². The second-order valence-electron chi connectivity index (χ2n) is 2.33. The number of hydrogen-bond donors (Lipinski definition) is 0. The first-order valence-corrected chi connectivity index (χ1v) is 10.2. The zero-order chi connectivity index (χ0) is 10.4. The van der Waals surface area contributed by atoms with E-state index in [2.05, 4.69) is 45.2 Å². The highest BCUT2D eigenvalue weighted by atomic mass is 127. The molecule has 0 fully saturated rings. The zero-order valence-electron chi connectivity index (χ0n) is 7.23. The van der Waals surface area contributed by atoms with Crippen molar-refractivity contribution in [3.05, 3.63) is 30.3 Å². The van der Waals surface area contributed by atoms with E-state index in [0.717, 1.165) is 8.34 Å². The maximum atomic E-state index is 11.7. The molecule has 1 aromatic carbocycles. The molecule has 1 rings (SSSR count). The number of benzene rings is 1. The molecule has 2 nitrogen and oxygen atoms in total. The summed E-state index contributed by atoms with van der Waals surface area (Å²) in [6, 6.07) is 9.32. The summed E-state index contributed by atoms with van der Waals surface area (Å²) in [6.07, 6.45) is 0. The first kappa shape index (κ1) is 13.1. The second-order valence-corrected chi connectivity index (χ2v) is 10.9. The van der Waals surface area contributed by atoms with Gasteiger partial charge in [0.1, 0.15) is 5.75 Å². The van der Waals surface area contributed by atoms with Gasteiger partial charge in [-0.3, -0.25) is 0 Å². The van der Waals surface area contributed by atoms with Gasteiger partial charge in [-0.1, -0.05) is 63.4 Å². The predicted octanol–water partition coefficient (Wildman–Crippen LogP) is 3.91. The van der Waals surface area contributed by atoms with Crippen molar-refractivity contribution in [1.82, 2.24) is 0 Å². The maximum absolute atomic E-state index is 11.7. The molecule has 0 aromatic heterocycles. The van der Waals surface area contributed by atoms with Crippen LogP contribution >= 0.6 is 52.3 Å². The van der Waals surface area contributed by atoms with Gasteiger partial charge in [-0.2, -0.15) is 0 Å². The monoisotopic (exact) mass is 454 g/mol. The van der Waals surface area contributed by atoms with Gasteiger partial charge in [0.2, 0.25) is 10.7 Å². The molecular weight excluding hydrogens is 445 g/mol. The van der Waals surface area contributed by atoms with Crippen LogP contribution in [0.15, 0.2) is 30.3 Å². The van der Waals surface area contributed by atoms with Crippen LogP contribution in [0.4, 0.5) is 0 Å². The van der Waals surface area contributed by atoms with Gasteiger partial charge in [-0.05, 0) is 12.1 Å². The highest BCUT2D eigenvalue weighted by Gasteiger charge is 2.15. The van der Waals surface area contributed by atoms with E-state index in [1.165, 1.54) is 0 Å². The van der Waals surface area contributed by atoms with Gasteiger partial charge in [0.15, 0.2) is 0 Å². The van der Waals surface area contributed by atoms with Gasteiger partial charge in [-0.15, -0.1) is 0 Å². The van der Waals surface area contributed by atoms with Crippen LogP contribution in [0, 0.1) is 0 Å². The lowest BCUT2D eigenvalue weighted by molar-refractivity contribution is 0.576. The summed E-state index contributed by atoms with van der Waals surface area (Å²) in [7, 11) is -1.68. The largest absolute Gasteiger partial charge is 0.398 e. The zero-order valence-corrected chi connectivity index (χ0v) is 13.3. The Morgan fingerprint density at radius 2 is 1.79 bits per heavy atom. The van der Waals surface area contributed by atoms with E-state index in [1.54, 1.807) is 0 Å². The molecule has 0 saturated heterocycles. The molecule has 0 aliphatic carbocycles. The number of alkyl halides is 2. The topological polar surface area (TPSA) is 26.3 Å². The summed E-state index contributed by atoms with van der Waals surface area (Å²) in [5.74, 6) is 0.688. The fraction of sp³-hybridized carbons (Fsp3) is 0.250. The van der Waals surface area contributed by atoms with E-state index < -0.39 is 17.8 Å². The third kappa shape index (κ3) is 4.28. The summed E-state index contributed by atoms with van der Waals surface area (Å²) in [6.45, 7) is 0. The molecule has 1 atom stereocenters. The Hall–Kier alpha value is 1.06. The van der Waals surface area contributed by atoms with Crippen molar-refractivity contribution in [2.45, 2.75) is 0 Å². The lowest BCUT2D eigenvalue weighted by Gasteiger charge is -2.10. The Kier molecular flexibility index (Phi) is 6.89. The molecule has 0 spiro atoms. The minimum atomic E-state index is -1.16. The molecule has 78 valence electrons. The van der Waals surface area contributed by atoms with E-state index in [1.807, 2.05) is 30.3 Å². The lowest BCUT2D eigenvalue weighted by atomic mass is 10.3. The highest BCUT2D eigenvalue weighted by Crippen LogP contribution is 2.44. The summed E-state index contributed by atoms with van der Waals surface area (Å²) in [4.78, 5) is 0. The summed E-state index contributed by atoms with van der Waals surface area (Å²) < 4.78 is 18.9. The van der Waals surface area contributed by atoms with Crippen molar-refractivity contribution in [3.8, 4) is 5.75 Å². The average molecular weight is 454 g/mol. The molecule has 14 heavy (non-hydrogen) atoms. The van der Waals surface area contributed by atoms with Crippen molar-refractivity contribution in [1.29, 1.82) is 0 Å². The van der Waals surface area contributed by atoms with Gasteiger partial charge < -0.3 is 4.18 Å². The Bertz CT molecular complexity index is 293. The van der Waals surface area contributed by atoms with Crippen LogP contribution in [-0.4, -0.2) is 12.5 Å². The SMILES string of the molecule is O=S(Oc1ccccc1)P(CI)CI. The molecule has 0 aliphatic rings. The van der Waals surface area contributed by atoms with Crippen molar-refractivity contribution in [2.24, 2.45) is 0 Å². The molecule has 0 amide bonds. The number of hydrogen-bond acceptors (Lipinski definition) is 2. The van der Waals surface area contributed by atoms with Gasteiger partial charge in [0, 0.05) is 8.34 Å². The Labute approximate surface area is 115 Å². The van der Waals surface area contributed by atoms with Crippen LogP contribution in [0.3, 0.4) is 0 Å². The van der Waals surface area contributed by atoms with Crippen molar-refractivity contribution in [3.63, 3.8) is 0 Å². The Morgan fingerprint density at radius 1 is 1.21 bits per heavy atom. The first-order chi connectivity index (χ1) is 6.77. The normalized spacial score (nSPS) is 12.8. The van der Waals surface area contributed by atoms with Crippen LogP contribution in [0.25, 0.3) is 0 Å². The van der Waals surface area contributed by atoms with Crippen LogP contribution in [0.5, 0.6) is 5.75 Å². The highest BCUT2D eigenvalue weighted by molar-refractivity contribution is 14.1. The number of para-hydroxylation sites is 1. The molecule has 0 aliphatic heterocycles. The lowest BCUT2D eigenvalue weighted by Crippen LogP contribution is -1.99. The van der Waals surface area contributed by atoms with Crippen LogP contribution in [-0.2, 0) is 10.7 Å². The number of rotatable bonds is 5. The van der Waals surface area contributed by atoms with E-state index in [4.69, 9.17) is 4.18 Å². The van der Waals surface area contributed by atoms with Crippen molar-refractivity contribution >= 4 is 63.0 Å². The Morgan fingerprint density at radius 3 is 2.29 bits per heavy atom. The van der Waals surface area contributed by atoms with Gasteiger partial charge >= 0.3 is 0 Å². The smallest absolute Gasteiger partial charge is 0.228 e.